The van der Waals surface area contributed by atoms with E-state index >= 15 is 0 Å². The number of nitrogens with zero attached hydrogens (tertiary/aromatic N) is 2. The van der Waals surface area contributed by atoms with E-state index in [-0.39, 0.29) is 30.6 Å². The number of hydrogen-bond donors (Lipinski definition) is 1. The highest BCUT2D eigenvalue weighted by atomic mass is 16.2. The number of carbonyl (C=O) groups excluding carboxylic acids is 2. The van der Waals surface area contributed by atoms with Gasteiger partial charge in [0, 0.05) is 12.6 Å². The molecule has 5 heteroatoms. The van der Waals surface area contributed by atoms with Crippen LogP contribution in [0.15, 0.2) is 0 Å². The lowest BCUT2D eigenvalue weighted by Gasteiger charge is -2.24. The second-order valence-electron chi connectivity index (χ2n) is 4.17. The van der Waals surface area contributed by atoms with E-state index < -0.39 is 0 Å². The van der Waals surface area contributed by atoms with Crippen molar-refractivity contribution in [1.29, 1.82) is 0 Å². The number of urea groups is 1. The van der Waals surface area contributed by atoms with Gasteiger partial charge in [-0.2, -0.15) is 0 Å². The van der Waals surface area contributed by atoms with Crippen LogP contribution in [0.2, 0.25) is 0 Å². The van der Waals surface area contributed by atoms with Gasteiger partial charge in [0.15, 0.2) is 0 Å². The minimum Gasteiger partial charge on any atom is -0.318 e. The maximum atomic E-state index is 11.9. The van der Waals surface area contributed by atoms with E-state index in [1.807, 2.05) is 27.8 Å². The first-order valence-corrected chi connectivity index (χ1v) is 5.26. The van der Waals surface area contributed by atoms with Gasteiger partial charge in [0.2, 0.25) is 0 Å². The molecular weight excluding hydrogens is 194 g/mol. The standard InChI is InChI=1S/C10H19N3O2/c1-7(2)12-6-9(14)13(10(12)15)8(3)5-11-4/h7-8,11H,5-6H2,1-4H3. The molecule has 1 aliphatic heterocycles. The van der Waals surface area contributed by atoms with Gasteiger partial charge in [-0.3, -0.25) is 9.69 Å². The van der Waals surface area contributed by atoms with Crippen LogP contribution in [0, 0.1) is 0 Å². The Morgan fingerprint density at radius 2 is 1.93 bits per heavy atom. The highest BCUT2D eigenvalue weighted by Gasteiger charge is 2.39. The van der Waals surface area contributed by atoms with Crippen LogP contribution in [0.3, 0.4) is 0 Å². The van der Waals surface area contributed by atoms with Gasteiger partial charge in [-0.15, -0.1) is 0 Å². The molecule has 1 rings (SSSR count). The number of likely N-dealkylation sites (N-methyl/N-ethyl adjacent to an activating group) is 1. The van der Waals surface area contributed by atoms with E-state index in [0.29, 0.717) is 6.54 Å². The van der Waals surface area contributed by atoms with Crippen molar-refractivity contribution in [3.63, 3.8) is 0 Å². The molecule has 0 bridgehead atoms. The van der Waals surface area contributed by atoms with Crippen molar-refractivity contribution in [3.05, 3.63) is 0 Å². The highest BCUT2D eigenvalue weighted by Crippen LogP contribution is 2.16. The number of amides is 3. The molecule has 1 aliphatic rings. The zero-order chi connectivity index (χ0) is 11.6. The SMILES string of the molecule is CNCC(C)N1C(=O)CN(C(C)C)C1=O. The molecule has 0 aliphatic carbocycles. The highest BCUT2D eigenvalue weighted by molar-refractivity contribution is 6.02. The van der Waals surface area contributed by atoms with Crippen molar-refractivity contribution in [1.82, 2.24) is 15.1 Å². The fraction of sp³-hybridized carbons (Fsp3) is 0.800. The average Bonchev–Trinajstić information content (AvgIpc) is 2.42. The van der Waals surface area contributed by atoms with E-state index in [1.165, 1.54) is 4.90 Å². The summed E-state index contributed by atoms with van der Waals surface area (Å²) in [7, 11) is 1.81. The molecule has 0 aromatic rings. The van der Waals surface area contributed by atoms with E-state index in [0.717, 1.165) is 0 Å². The summed E-state index contributed by atoms with van der Waals surface area (Å²) < 4.78 is 0. The Labute approximate surface area is 90.4 Å². The van der Waals surface area contributed by atoms with Crippen molar-refractivity contribution < 1.29 is 9.59 Å². The smallest absolute Gasteiger partial charge is 0.318 e. The van der Waals surface area contributed by atoms with Crippen LogP contribution in [-0.4, -0.2) is 54.0 Å². The Hall–Kier alpha value is -1.10. The lowest BCUT2D eigenvalue weighted by Crippen LogP contribution is -2.45. The Balaban J connectivity index is 2.74. The maximum Gasteiger partial charge on any atom is 0.327 e. The molecule has 15 heavy (non-hydrogen) atoms. The molecule has 1 atom stereocenters. The van der Waals surface area contributed by atoms with E-state index in [2.05, 4.69) is 5.32 Å². The molecule has 0 aromatic heterocycles. The van der Waals surface area contributed by atoms with Crippen LogP contribution in [0.4, 0.5) is 4.79 Å². The number of nitrogens with one attached hydrogen (secondary N) is 1. The zero-order valence-electron chi connectivity index (χ0n) is 9.78. The molecular formula is C10H19N3O2. The minimum atomic E-state index is -0.169. The van der Waals surface area contributed by atoms with Crippen molar-refractivity contribution in [2.24, 2.45) is 0 Å². The molecule has 0 radical (unpaired) electrons. The zero-order valence-corrected chi connectivity index (χ0v) is 9.78. The van der Waals surface area contributed by atoms with Gasteiger partial charge in [-0.1, -0.05) is 0 Å². The molecule has 1 N–H and O–H groups in total. The van der Waals surface area contributed by atoms with Crippen molar-refractivity contribution >= 4 is 11.9 Å². The number of hydrogen-bond acceptors (Lipinski definition) is 3. The van der Waals surface area contributed by atoms with Crippen LogP contribution >= 0.6 is 0 Å². The fourth-order valence-corrected chi connectivity index (χ4v) is 1.76. The average molecular weight is 213 g/mol. The summed E-state index contributed by atoms with van der Waals surface area (Å²) >= 11 is 0. The summed E-state index contributed by atoms with van der Waals surface area (Å²) in [6.07, 6.45) is 0. The van der Waals surface area contributed by atoms with Crippen molar-refractivity contribution in [2.45, 2.75) is 32.9 Å². The third kappa shape index (κ3) is 2.28. The van der Waals surface area contributed by atoms with Gasteiger partial charge in [0.05, 0.1) is 6.04 Å². The molecule has 0 spiro atoms. The normalized spacial score (nSPS) is 19.3. The molecule has 1 saturated heterocycles. The molecule has 0 aromatic carbocycles. The quantitative estimate of drug-likeness (QED) is 0.682. The number of rotatable bonds is 4. The Kier molecular flexibility index (Phi) is 3.68. The van der Waals surface area contributed by atoms with Gasteiger partial charge in [0.1, 0.15) is 6.54 Å². The first kappa shape index (κ1) is 12.0. The predicted octanol–water partition coefficient (Wildman–Crippen LogP) is 0.267. The number of imide groups is 1. The molecule has 1 heterocycles. The predicted molar refractivity (Wildman–Crippen MR) is 57.5 cm³/mol. The van der Waals surface area contributed by atoms with Crippen LogP contribution < -0.4 is 5.32 Å². The fourth-order valence-electron chi connectivity index (χ4n) is 1.76. The third-order valence-corrected chi connectivity index (χ3v) is 2.59. The third-order valence-electron chi connectivity index (χ3n) is 2.59. The Bertz CT molecular complexity index is 265. The van der Waals surface area contributed by atoms with Gasteiger partial charge in [-0.05, 0) is 27.8 Å². The summed E-state index contributed by atoms with van der Waals surface area (Å²) in [6, 6.07) is -0.176. The molecule has 86 valence electrons. The van der Waals surface area contributed by atoms with Crippen molar-refractivity contribution in [3.8, 4) is 0 Å². The summed E-state index contributed by atoms with van der Waals surface area (Å²) in [5.74, 6) is -0.101. The molecule has 5 nitrogen and oxygen atoms in total. The molecule has 1 fully saturated rings. The van der Waals surface area contributed by atoms with Crippen LogP contribution in [-0.2, 0) is 4.79 Å². The van der Waals surface area contributed by atoms with E-state index in [4.69, 9.17) is 0 Å². The van der Waals surface area contributed by atoms with Crippen LogP contribution in [0.1, 0.15) is 20.8 Å². The van der Waals surface area contributed by atoms with E-state index in [9.17, 15) is 9.59 Å². The summed E-state index contributed by atoms with van der Waals surface area (Å²) in [6.45, 7) is 6.54. The largest absolute Gasteiger partial charge is 0.327 e. The second kappa shape index (κ2) is 4.61. The van der Waals surface area contributed by atoms with Crippen LogP contribution in [0.5, 0.6) is 0 Å². The summed E-state index contributed by atoms with van der Waals surface area (Å²) in [5.41, 5.74) is 0. The number of carbonyl (C=O) groups is 2. The monoisotopic (exact) mass is 213 g/mol. The van der Waals surface area contributed by atoms with Gasteiger partial charge >= 0.3 is 6.03 Å². The lowest BCUT2D eigenvalue weighted by atomic mass is 10.3. The Morgan fingerprint density at radius 3 is 2.33 bits per heavy atom. The summed E-state index contributed by atoms with van der Waals surface area (Å²) in [4.78, 5) is 26.5. The first-order valence-electron chi connectivity index (χ1n) is 5.26. The maximum absolute atomic E-state index is 11.9. The van der Waals surface area contributed by atoms with Gasteiger partial charge in [-0.25, -0.2) is 4.79 Å². The van der Waals surface area contributed by atoms with Gasteiger partial charge in [0.25, 0.3) is 5.91 Å². The lowest BCUT2D eigenvalue weighted by molar-refractivity contribution is -0.126. The second-order valence-corrected chi connectivity index (χ2v) is 4.17. The van der Waals surface area contributed by atoms with Crippen LogP contribution in [0.25, 0.3) is 0 Å². The molecule has 3 amide bonds. The first-order chi connectivity index (χ1) is 6.99. The topological polar surface area (TPSA) is 52.7 Å². The Morgan fingerprint density at radius 1 is 1.33 bits per heavy atom. The van der Waals surface area contributed by atoms with Crippen molar-refractivity contribution in [2.75, 3.05) is 20.1 Å². The van der Waals surface area contributed by atoms with E-state index in [1.54, 1.807) is 4.90 Å². The minimum absolute atomic E-state index is 0.0771. The summed E-state index contributed by atoms with van der Waals surface area (Å²) in [5, 5.41) is 2.96. The molecule has 0 saturated carbocycles. The van der Waals surface area contributed by atoms with Gasteiger partial charge < -0.3 is 10.2 Å². The molecule has 1 unspecified atom stereocenters.